The summed E-state index contributed by atoms with van der Waals surface area (Å²) in [4.78, 5) is 12.0. The van der Waals surface area contributed by atoms with Crippen LogP contribution in [0.15, 0.2) is 60.7 Å². The molecule has 116 valence electrons. The number of ether oxygens (including phenoxy) is 2. The van der Waals surface area contributed by atoms with Gasteiger partial charge in [0.25, 0.3) is 0 Å². The molecule has 2 aromatic carbocycles. The molecular weight excluding hydrogens is 276 g/mol. The van der Waals surface area contributed by atoms with Crippen molar-refractivity contribution in [2.24, 2.45) is 0 Å². The van der Waals surface area contributed by atoms with Crippen LogP contribution in [0.2, 0.25) is 0 Å². The lowest BCUT2D eigenvalue weighted by Crippen LogP contribution is -2.28. The van der Waals surface area contributed by atoms with Crippen molar-refractivity contribution in [3.63, 3.8) is 0 Å². The Hall–Kier alpha value is -2.13. The molecule has 0 saturated heterocycles. The maximum atomic E-state index is 12.0. The third-order valence-corrected chi connectivity index (χ3v) is 3.43. The van der Waals surface area contributed by atoms with Gasteiger partial charge in [-0.25, -0.2) is 4.79 Å². The minimum atomic E-state index is -0.564. The molecule has 0 saturated carbocycles. The van der Waals surface area contributed by atoms with Gasteiger partial charge in [0.15, 0.2) is 6.10 Å². The fraction of sp³-hybridized carbons (Fsp3) is 0.316. The minimum absolute atomic E-state index is 0.281. The van der Waals surface area contributed by atoms with E-state index in [-0.39, 0.29) is 12.1 Å². The molecular formula is C19H22O3. The van der Waals surface area contributed by atoms with Gasteiger partial charge in [-0.15, -0.1) is 0 Å². The number of rotatable bonds is 7. The summed E-state index contributed by atoms with van der Waals surface area (Å²) in [5.41, 5.74) is 2.05. The maximum Gasteiger partial charge on any atom is 0.335 e. The second kappa shape index (κ2) is 8.35. The van der Waals surface area contributed by atoms with E-state index in [0.717, 1.165) is 11.1 Å². The molecule has 0 aliphatic carbocycles. The topological polar surface area (TPSA) is 35.5 Å². The van der Waals surface area contributed by atoms with E-state index < -0.39 is 6.10 Å². The summed E-state index contributed by atoms with van der Waals surface area (Å²) in [6, 6.07) is 19.9. The highest BCUT2D eigenvalue weighted by Crippen LogP contribution is 2.28. The summed E-state index contributed by atoms with van der Waals surface area (Å²) in [7, 11) is 0. The van der Waals surface area contributed by atoms with Gasteiger partial charge >= 0.3 is 5.97 Å². The van der Waals surface area contributed by atoms with Gasteiger partial charge in [0.1, 0.15) is 6.10 Å². The first kappa shape index (κ1) is 16.2. The lowest BCUT2D eigenvalue weighted by atomic mass is 10.0. The van der Waals surface area contributed by atoms with Crippen molar-refractivity contribution in [2.75, 3.05) is 6.61 Å². The Labute approximate surface area is 131 Å². The molecule has 0 N–H and O–H groups in total. The van der Waals surface area contributed by atoms with Crippen LogP contribution in [0.4, 0.5) is 0 Å². The summed E-state index contributed by atoms with van der Waals surface area (Å²) in [5, 5.41) is 0. The van der Waals surface area contributed by atoms with Crippen LogP contribution in [0.25, 0.3) is 0 Å². The molecule has 2 aromatic rings. The van der Waals surface area contributed by atoms with Crippen LogP contribution in [0.5, 0.6) is 0 Å². The summed E-state index contributed by atoms with van der Waals surface area (Å²) in [6.45, 7) is 4.09. The first-order chi connectivity index (χ1) is 10.8. The number of benzene rings is 2. The molecule has 0 bridgehead atoms. The van der Waals surface area contributed by atoms with Crippen molar-refractivity contribution in [3.05, 3.63) is 71.8 Å². The van der Waals surface area contributed by atoms with E-state index in [4.69, 9.17) is 9.47 Å². The fourth-order valence-electron chi connectivity index (χ4n) is 2.32. The Bertz CT molecular complexity index is 526. The molecule has 2 rings (SSSR count). The Balaban J connectivity index is 2.27. The largest absolute Gasteiger partial charge is 0.464 e. The monoisotopic (exact) mass is 298 g/mol. The molecule has 3 heteroatoms. The standard InChI is InChI=1S/C19H22O3/c1-3-17(19(20)21-4-2)22-18(15-11-7-5-8-12-15)16-13-9-6-10-14-16/h5-14,17-18H,3-4H2,1-2H3. The molecule has 0 amide bonds. The summed E-state index contributed by atoms with van der Waals surface area (Å²) >= 11 is 0. The number of carbonyl (C=O) groups excluding carboxylic acids is 1. The second-order valence-electron chi connectivity index (χ2n) is 4.99. The lowest BCUT2D eigenvalue weighted by Gasteiger charge is -2.24. The van der Waals surface area contributed by atoms with Gasteiger partial charge in [0, 0.05) is 0 Å². The quantitative estimate of drug-likeness (QED) is 0.721. The first-order valence-corrected chi connectivity index (χ1v) is 7.68. The molecule has 0 radical (unpaired) electrons. The minimum Gasteiger partial charge on any atom is -0.464 e. The number of hydrogen-bond acceptors (Lipinski definition) is 3. The van der Waals surface area contributed by atoms with E-state index in [1.54, 1.807) is 6.92 Å². The van der Waals surface area contributed by atoms with Gasteiger partial charge < -0.3 is 9.47 Å². The predicted molar refractivity (Wildman–Crippen MR) is 86.5 cm³/mol. The van der Waals surface area contributed by atoms with Gasteiger partial charge in [0.05, 0.1) is 6.61 Å². The van der Waals surface area contributed by atoms with Crippen molar-refractivity contribution < 1.29 is 14.3 Å². The summed E-state index contributed by atoms with van der Waals surface area (Å²) in [6.07, 6.45) is -0.267. The average molecular weight is 298 g/mol. The Morgan fingerprint density at radius 1 is 0.909 bits per heavy atom. The molecule has 3 nitrogen and oxygen atoms in total. The zero-order valence-corrected chi connectivity index (χ0v) is 13.1. The number of hydrogen-bond donors (Lipinski definition) is 0. The molecule has 0 heterocycles. The highest BCUT2D eigenvalue weighted by Gasteiger charge is 2.25. The second-order valence-corrected chi connectivity index (χ2v) is 4.99. The third kappa shape index (κ3) is 4.18. The average Bonchev–Trinajstić information content (AvgIpc) is 2.57. The van der Waals surface area contributed by atoms with Crippen molar-refractivity contribution in [2.45, 2.75) is 32.5 Å². The van der Waals surface area contributed by atoms with Gasteiger partial charge in [-0.05, 0) is 24.5 Å². The third-order valence-electron chi connectivity index (χ3n) is 3.43. The number of carbonyl (C=O) groups is 1. The van der Waals surface area contributed by atoms with Crippen molar-refractivity contribution in [1.82, 2.24) is 0 Å². The van der Waals surface area contributed by atoms with Gasteiger partial charge in [-0.3, -0.25) is 0 Å². The molecule has 1 unspecified atom stereocenters. The van der Waals surface area contributed by atoms with Crippen molar-refractivity contribution >= 4 is 5.97 Å². The van der Waals surface area contributed by atoms with E-state index in [2.05, 4.69) is 0 Å². The zero-order chi connectivity index (χ0) is 15.8. The van der Waals surface area contributed by atoms with Crippen LogP contribution in [-0.4, -0.2) is 18.7 Å². The predicted octanol–water partition coefficient (Wildman–Crippen LogP) is 4.13. The highest BCUT2D eigenvalue weighted by molar-refractivity contribution is 5.74. The van der Waals surface area contributed by atoms with Crippen LogP contribution in [0.1, 0.15) is 37.5 Å². The summed E-state index contributed by atoms with van der Waals surface area (Å²) in [5.74, 6) is -0.304. The Morgan fingerprint density at radius 3 is 1.82 bits per heavy atom. The lowest BCUT2D eigenvalue weighted by molar-refractivity contribution is -0.159. The molecule has 0 fully saturated rings. The normalized spacial score (nSPS) is 12.1. The van der Waals surface area contributed by atoms with E-state index in [9.17, 15) is 4.79 Å². The first-order valence-electron chi connectivity index (χ1n) is 7.68. The van der Waals surface area contributed by atoms with E-state index >= 15 is 0 Å². The molecule has 22 heavy (non-hydrogen) atoms. The van der Waals surface area contributed by atoms with Crippen molar-refractivity contribution in [1.29, 1.82) is 0 Å². The van der Waals surface area contributed by atoms with Crippen LogP contribution in [-0.2, 0) is 14.3 Å². The molecule has 0 aromatic heterocycles. The van der Waals surface area contributed by atoms with Crippen LogP contribution in [0.3, 0.4) is 0 Å². The van der Waals surface area contributed by atoms with E-state index in [1.165, 1.54) is 0 Å². The summed E-state index contributed by atoms with van der Waals surface area (Å²) < 4.78 is 11.2. The van der Waals surface area contributed by atoms with Crippen LogP contribution < -0.4 is 0 Å². The Kier molecular flexibility index (Phi) is 6.16. The van der Waals surface area contributed by atoms with Gasteiger partial charge in [-0.1, -0.05) is 67.6 Å². The van der Waals surface area contributed by atoms with Crippen LogP contribution in [0, 0.1) is 0 Å². The smallest absolute Gasteiger partial charge is 0.335 e. The van der Waals surface area contributed by atoms with Gasteiger partial charge in [0.2, 0.25) is 0 Å². The zero-order valence-electron chi connectivity index (χ0n) is 13.1. The molecule has 0 aliphatic heterocycles. The van der Waals surface area contributed by atoms with Crippen LogP contribution >= 0.6 is 0 Å². The molecule has 0 aliphatic rings. The van der Waals surface area contributed by atoms with Crippen molar-refractivity contribution in [3.8, 4) is 0 Å². The SMILES string of the molecule is CCOC(=O)C(CC)OC(c1ccccc1)c1ccccc1. The highest BCUT2D eigenvalue weighted by atomic mass is 16.6. The fourth-order valence-corrected chi connectivity index (χ4v) is 2.32. The van der Waals surface area contributed by atoms with Gasteiger partial charge in [-0.2, -0.15) is 0 Å². The maximum absolute atomic E-state index is 12.0. The van der Waals surface area contributed by atoms with E-state index in [1.807, 2.05) is 67.6 Å². The molecule has 1 atom stereocenters. The van der Waals surface area contributed by atoms with E-state index in [0.29, 0.717) is 13.0 Å². The Morgan fingerprint density at radius 2 is 1.41 bits per heavy atom. The molecule has 0 spiro atoms. The number of esters is 1.